The van der Waals surface area contributed by atoms with Gasteiger partial charge in [0, 0.05) is 17.3 Å². The van der Waals surface area contributed by atoms with Crippen molar-refractivity contribution in [1.82, 2.24) is 4.90 Å². The van der Waals surface area contributed by atoms with Crippen LogP contribution in [0.25, 0.3) is 0 Å². The number of anilines is 2. The lowest BCUT2D eigenvalue weighted by atomic mass is 10.1. The fourth-order valence-corrected chi connectivity index (χ4v) is 4.67. The predicted molar refractivity (Wildman–Crippen MR) is 146 cm³/mol. The van der Waals surface area contributed by atoms with E-state index in [0.717, 1.165) is 17.1 Å². The normalized spacial score (nSPS) is 15.0. The first-order valence-corrected chi connectivity index (χ1v) is 12.9. The summed E-state index contributed by atoms with van der Waals surface area (Å²) >= 11 is 5.89. The summed E-state index contributed by atoms with van der Waals surface area (Å²) in [5.74, 6) is -0.480. The van der Waals surface area contributed by atoms with Gasteiger partial charge in [0.2, 0.25) is 5.91 Å². The van der Waals surface area contributed by atoms with Gasteiger partial charge in [-0.15, -0.1) is 0 Å². The molecule has 0 radical (unpaired) electrons. The molecular weight excluding hydrogens is 522 g/mol. The molecule has 0 aromatic heterocycles. The van der Waals surface area contributed by atoms with Gasteiger partial charge in [0.15, 0.2) is 6.61 Å². The minimum absolute atomic E-state index is 0.0727. The molecule has 1 atom stereocenters. The smallest absolute Gasteiger partial charge is 0.265 e. The zero-order valence-electron chi connectivity index (χ0n) is 21.2. The van der Waals surface area contributed by atoms with Gasteiger partial charge in [0.25, 0.3) is 17.7 Å². The van der Waals surface area contributed by atoms with Crippen LogP contribution in [0.15, 0.2) is 66.7 Å². The van der Waals surface area contributed by atoms with Gasteiger partial charge in [0.05, 0.1) is 23.4 Å². The molecule has 2 aliphatic rings. The summed E-state index contributed by atoms with van der Waals surface area (Å²) in [6.07, 6.45) is 1.41. The first-order chi connectivity index (χ1) is 18.8. The minimum Gasteiger partial charge on any atom is -0.494 e. The van der Waals surface area contributed by atoms with Crippen molar-refractivity contribution >= 4 is 46.6 Å². The summed E-state index contributed by atoms with van der Waals surface area (Å²) in [5.41, 5.74) is 1.51. The minimum atomic E-state index is -1.04. The number of hydrogen-bond donors (Lipinski definition) is 1. The molecule has 10 heteroatoms. The lowest BCUT2D eigenvalue weighted by Crippen LogP contribution is -2.45. The fraction of sp³-hybridized carbons (Fsp3) is 0.241. The third-order valence-corrected chi connectivity index (χ3v) is 6.87. The molecule has 0 spiro atoms. The van der Waals surface area contributed by atoms with Gasteiger partial charge in [-0.25, -0.2) is 0 Å². The van der Waals surface area contributed by atoms with E-state index in [4.69, 9.17) is 21.1 Å². The third-order valence-electron chi connectivity index (χ3n) is 6.62. The molecule has 0 bridgehead atoms. The van der Waals surface area contributed by atoms with Crippen molar-refractivity contribution in [3.8, 4) is 11.5 Å². The molecule has 0 saturated heterocycles. The van der Waals surface area contributed by atoms with Crippen LogP contribution < -0.4 is 19.7 Å². The highest BCUT2D eigenvalue weighted by atomic mass is 35.5. The number of carbonyl (C=O) groups excluding carboxylic acids is 4. The Morgan fingerprint density at radius 3 is 2.38 bits per heavy atom. The Bertz CT molecular complexity index is 1410. The fourth-order valence-electron chi connectivity index (χ4n) is 4.54. The van der Waals surface area contributed by atoms with Crippen molar-refractivity contribution in [2.45, 2.75) is 25.8 Å². The average molecular weight is 548 g/mol. The Hall–Kier alpha value is -4.37. The van der Waals surface area contributed by atoms with Crippen molar-refractivity contribution in [3.63, 3.8) is 0 Å². The van der Waals surface area contributed by atoms with Crippen molar-refractivity contribution in [3.05, 3.63) is 82.9 Å². The zero-order chi connectivity index (χ0) is 27.5. The molecular formula is C29H26ClN3O6. The van der Waals surface area contributed by atoms with E-state index in [1.807, 2.05) is 0 Å². The molecule has 0 saturated carbocycles. The summed E-state index contributed by atoms with van der Waals surface area (Å²) in [6, 6.07) is 17.6. The molecule has 2 heterocycles. The molecule has 0 aliphatic carbocycles. The van der Waals surface area contributed by atoms with Gasteiger partial charge >= 0.3 is 0 Å². The van der Waals surface area contributed by atoms with E-state index in [-0.39, 0.29) is 23.6 Å². The summed E-state index contributed by atoms with van der Waals surface area (Å²) in [4.78, 5) is 53.8. The number of carbonyl (C=O) groups is 4. The Kier molecular flexibility index (Phi) is 7.51. The Balaban J connectivity index is 1.21. The molecule has 3 aromatic rings. The van der Waals surface area contributed by atoms with Crippen LogP contribution >= 0.6 is 11.6 Å². The number of imide groups is 1. The quantitative estimate of drug-likeness (QED) is 0.311. The zero-order valence-corrected chi connectivity index (χ0v) is 21.9. The topological polar surface area (TPSA) is 105 Å². The average Bonchev–Trinajstić information content (AvgIpc) is 3.19. The van der Waals surface area contributed by atoms with E-state index in [1.165, 1.54) is 6.92 Å². The summed E-state index contributed by atoms with van der Waals surface area (Å²) in [7, 11) is 0. The molecule has 1 unspecified atom stereocenters. The van der Waals surface area contributed by atoms with E-state index >= 15 is 0 Å². The van der Waals surface area contributed by atoms with Crippen LogP contribution in [0.2, 0.25) is 5.02 Å². The molecule has 0 fully saturated rings. The second kappa shape index (κ2) is 11.2. The maximum absolute atomic E-state index is 13.0. The Labute approximate surface area is 230 Å². The maximum atomic E-state index is 13.0. The van der Waals surface area contributed by atoms with Gasteiger partial charge < -0.3 is 19.7 Å². The summed E-state index contributed by atoms with van der Waals surface area (Å²) in [5, 5.41) is 3.40. The highest BCUT2D eigenvalue weighted by Crippen LogP contribution is 2.35. The number of amides is 4. The Morgan fingerprint density at radius 2 is 1.69 bits per heavy atom. The second-order valence-electron chi connectivity index (χ2n) is 9.22. The standard InChI is InChI=1S/C29H26ClN3O6/c1-18(33-28(36)22-6-2-3-7-23(22)29(33)37)27(35)31-20-10-13-25-24(16-20)32(26(34)17-39-25)14-4-5-15-38-21-11-8-19(30)9-12-21/h2-3,6-13,16,18H,4-5,14-15,17H2,1H3,(H,31,35). The number of rotatable bonds is 9. The van der Waals surface area contributed by atoms with Crippen molar-refractivity contribution in [2.75, 3.05) is 30.0 Å². The summed E-state index contributed by atoms with van der Waals surface area (Å²) in [6.45, 7) is 2.36. The van der Waals surface area contributed by atoms with Gasteiger partial charge in [-0.1, -0.05) is 23.7 Å². The first kappa shape index (κ1) is 26.2. The van der Waals surface area contributed by atoms with Gasteiger partial charge in [0.1, 0.15) is 17.5 Å². The molecule has 4 amide bonds. The van der Waals surface area contributed by atoms with Crippen LogP contribution in [0.3, 0.4) is 0 Å². The van der Waals surface area contributed by atoms with Crippen LogP contribution in [0.5, 0.6) is 11.5 Å². The molecule has 3 aromatic carbocycles. The number of ether oxygens (including phenoxy) is 2. The van der Waals surface area contributed by atoms with Crippen molar-refractivity contribution in [2.24, 2.45) is 0 Å². The van der Waals surface area contributed by atoms with Crippen LogP contribution in [0.1, 0.15) is 40.5 Å². The SMILES string of the molecule is CC(C(=O)Nc1ccc2c(c1)N(CCCCOc1ccc(Cl)cc1)C(=O)CO2)N1C(=O)c2ccccc2C1=O. The lowest BCUT2D eigenvalue weighted by molar-refractivity contribution is -0.121. The number of nitrogens with zero attached hydrogens (tertiary/aromatic N) is 2. The molecule has 39 heavy (non-hydrogen) atoms. The number of unbranched alkanes of at least 4 members (excludes halogenated alkanes) is 1. The van der Waals surface area contributed by atoms with Crippen LogP contribution in [-0.4, -0.2) is 54.3 Å². The number of fused-ring (bicyclic) bond motifs is 2. The molecule has 9 nitrogen and oxygen atoms in total. The van der Waals surface area contributed by atoms with Crippen molar-refractivity contribution in [1.29, 1.82) is 0 Å². The second-order valence-corrected chi connectivity index (χ2v) is 9.65. The number of halogens is 1. The number of benzene rings is 3. The highest BCUT2D eigenvalue weighted by Gasteiger charge is 2.40. The van der Waals surface area contributed by atoms with Gasteiger partial charge in [-0.3, -0.25) is 24.1 Å². The molecule has 2 aliphatic heterocycles. The van der Waals surface area contributed by atoms with Gasteiger partial charge in [-0.2, -0.15) is 0 Å². The molecule has 5 rings (SSSR count). The highest BCUT2D eigenvalue weighted by molar-refractivity contribution is 6.30. The van der Waals surface area contributed by atoms with Gasteiger partial charge in [-0.05, 0) is 74.4 Å². The molecule has 1 N–H and O–H groups in total. The summed E-state index contributed by atoms with van der Waals surface area (Å²) < 4.78 is 11.3. The Morgan fingerprint density at radius 1 is 1.00 bits per heavy atom. The number of hydrogen-bond acceptors (Lipinski definition) is 6. The van der Waals surface area contributed by atoms with Crippen LogP contribution in [0.4, 0.5) is 11.4 Å². The van der Waals surface area contributed by atoms with Crippen LogP contribution in [-0.2, 0) is 9.59 Å². The predicted octanol–water partition coefficient (Wildman–Crippen LogP) is 4.55. The maximum Gasteiger partial charge on any atom is 0.265 e. The lowest BCUT2D eigenvalue weighted by Gasteiger charge is -2.30. The first-order valence-electron chi connectivity index (χ1n) is 12.6. The molecule has 200 valence electrons. The third kappa shape index (κ3) is 5.44. The van der Waals surface area contributed by atoms with E-state index in [1.54, 1.807) is 71.6 Å². The van der Waals surface area contributed by atoms with E-state index in [2.05, 4.69) is 5.32 Å². The van der Waals surface area contributed by atoms with Crippen LogP contribution in [0, 0.1) is 0 Å². The van der Waals surface area contributed by atoms with E-state index in [9.17, 15) is 19.2 Å². The number of nitrogens with one attached hydrogen (secondary N) is 1. The van der Waals surface area contributed by atoms with E-state index < -0.39 is 23.8 Å². The van der Waals surface area contributed by atoms with Crippen molar-refractivity contribution < 1.29 is 28.7 Å². The van der Waals surface area contributed by atoms with E-state index in [0.29, 0.717) is 41.7 Å². The monoisotopic (exact) mass is 547 g/mol. The largest absolute Gasteiger partial charge is 0.494 e.